The zero-order valence-electron chi connectivity index (χ0n) is 19.9. The maximum Gasteiger partial charge on any atom is 0.317 e. The molecule has 0 aliphatic carbocycles. The Hall–Kier alpha value is -2.82. The number of rotatable bonds is 11. The number of nitrogens with zero attached hydrogens (tertiary/aromatic N) is 3. The predicted molar refractivity (Wildman–Crippen MR) is 125 cm³/mol. The Morgan fingerprint density at radius 3 is 1.91 bits per heavy atom. The van der Waals surface area contributed by atoms with Crippen molar-refractivity contribution < 1.29 is 34.5 Å². The van der Waals surface area contributed by atoms with E-state index in [0.29, 0.717) is 51.1 Å². The second-order valence-corrected chi connectivity index (χ2v) is 9.24. The third-order valence-electron chi connectivity index (χ3n) is 5.82. The van der Waals surface area contributed by atoms with Gasteiger partial charge in [-0.3, -0.25) is 33.9 Å². The minimum absolute atomic E-state index is 0.0719. The molecule has 0 spiro atoms. The molecular formula is C24H35N3O7. The quantitative estimate of drug-likeness (QED) is 0.396. The molecule has 1 aromatic rings. The van der Waals surface area contributed by atoms with Gasteiger partial charge in [0.25, 0.3) is 0 Å². The van der Waals surface area contributed by atoms with Crippen molar-refractivity contribution >= 4 is 23.7 Å². The highest BCUT2D eigenvalue weighted by atomic mass is 16.4. The van der Waals surface area contributed by atoms with E-state index >= 15 is 0 Å². The van der Waals surface area contributed by atoms with Gasteiger partial charge >= 0.3 is 17.9 Å². The van der Waals surface area contributed by atoms with E-state index in [1.807, 2.05) is 26.0 Å². The largest absolute Gasteiger partial charge is 0.480 e. The van der Waals surface area contributed by atoms with Crippen LogP contribution < -0.4 is 0 Å². The zero-order chi connectivity index (χ0) is 25.3. The number of hydrogen-bond acceptors (Lipinski definition) is 7. The normalized spacial score (nSPS) is 18.7. The summed E-state index contributed by atoms with van der Waals surface area (Å²) in [5, 5.41) is 28.0. The van der Waals surface area contributed by atoms with Gasteiger partial charge in [0, 0.05) is 50.7 Å². The van der Waals surface area contributed by atoms with Crippen LogP contribution in [0.25, 0.3) is 0 Å². The fourth-order valence-electron chi connectivity index (χ4n) is 4.20. The predicted octanol–water partition coefficient (Wildman–Crippen LogP) is 1.000. The Balaban J connectivity index is 2.26. The molecule has 1 aromatic carbocycles. The van der Waals surface area contributed by atoms with Gasteiger partial charge in [0.15, 0.2) is 5.78 Å². The number of aliphatic carboxylic acids is 3. The summed E-state index contributed by atoms with van der Waals surface area (Å²) in [7, 11) is 0. The molecule has 34 heavy (non-hydrogen) atoms. The van der Waals surface area contributed by atoms with E-state index in [0.717, 1.165) is 5.56 Å². The van der Waals surface area contributed by atoms with Crippen LogP contribution in [0, 0.1) is 5.92 Å². The average molecular weight is 478 g/mol. The molecule has 0 radical (unpaired) electrons. The summed E-state index contributed by atoms with van der Waals surface area (Å²) in [5.41, 5.74) is 1.55. The summed E-state index contributed by atoms with van der Waals surface area (Å²) in [6.07, 6.45) is 0.937. The lowest BCUT2D eigenvalue weighted by molar-refractivity contribution is -0.140. The van der Waals surface area contributed by atoms with Gasteiger partial charge in [-0.15, -0.1) is 0 Å². The minimum atomic E-state index is -1.01. The summed E-state index contributed by atoms with van der Waals surface area (Å²) >= 11 is 0. The summed E-state index contributed by atoms with van der Waals surface area (Å²) in [6.45, 7) is 5.09. The van der Waals surface area contributed by atoms with Crippen molar-refractivity contribution in [2.75, 3.05) is 52.4 Å². The maximum atomic E-state index is 12.3. The van der Waals surface area contributed by atoms with E-state index in [4.69, 9.17) is 0 Å². The summed E-state index contributed by atoms with van der Waals surface area (Å²) in [5.74, 6) is -2.66. The van der Waals surface area contributed by atoms with E-state index in [9.17, 15) is 34.5 Å². The Labute approximate surface area is 199 Å². The Morgan fingerprint density at radius 1 is 0.824 bits per heavy atom. The van der Waals surface area contributed by atoms with Crippen molar-refractivity contribution in [2.24, 2.45) is 5.92 Å². The highest BCUT2D eigenvalue weighted by Crippen LogP contribution is 2.16. The molecule has 0 amide bonds. The van der Waals surface area contributed by atoms with Crippen LogP contribution in [0.5, 0.6) is 0 Å². The second kappa shape index (κ2) is 13.2. The van der Waals surface area contributed by atoms with Crippen LogP contribution >= 0.6 is 0 Å². The minimum Gasteiger partial charge on any atom is -0.480 e. The lowest BCUT2D eigenvalue weighted by Gasteiger charge is -2.33. The third kappa shape index (κ3) is 9.58. The van der Waals surface area contributed by atoms with Crippen LogP contribution in [0.15, 0.2) is 24.3 Å². The fraction of sp³-hybridized carbons (Fsp3) is 0.583. The number of Topliss-reactive ketones (excluding diaryl/α,β-unsaturated/α-hetero) is 1. The van der Waals surface area contributed by atoms with E-state index in [2.05, 4.69) is 0 Å². The smallest absolute Gasteiger partial charge is 0.317 e. The molecule has 0 saturated carbocycles. The fourth-order valence-corrected chi connectivity index (χ4v) is 4.20. The number of hydrogen-bond donors (Lipinski definition) is 3. The lowest BCUT2D eigenvalue weighted by Crippen LogP contribution is -2.49. The van der Waals surface area contributed by atoms with Crippen LogP contribution in [-0.4, -0.2) is 112 Å². The third-order valence-corrected chi connectivity index (χ3v) is 5.82. The molecule has 2 rings (SSSR count). The van der Waals surface area contributed by atoms with Crippen LogP contribution in [0.4, 0.5) is 0 Å². The first kappa shape index (κ1) is 27.4. The molecule has 1 unspecified atom stereocenters. The molecular weight excluding hydrogens is 442 g/mol. The Morgan fingerprint density at radius 2 is 1.35 bits per heavy atom. The summed E-state index contributed by atoms with van der Waals surface area (Å²) < 4.78 is 0. The van der Waals surface area contributed by atoms with Gasteiger partial charge < -0.3 is 15.3 Å². The molecule has 1 fully saturated rings. The highest BCUT2D eigenvalue weighted by molar-refractivity contribution is 5.96. The maximum absolute atomic E-state index is 12.3. The zero-order valence-corrected chi connectivity index (χ0v) is 19.9. The van der Waals surface area contributed by atoms with Gasteiger partial charge in [0.1, 0.15) is 0 Å². The van der Waals surface area contributed by atoms with Crippen molar-refractivity contribution in [1.29, 1.82) is 0 Å². The first-order chi connectivity index (χ1) is 16.0. The SMILES string of the molecule is CC(C)CC(=O)c1ccc(CC2CN(CC(=O)O)CCN(CC(=O)O)CCN2CC(=O)O)cc1. The lowest BCUT2D eigenvalue weighted by atomic mass is 9.98. The van der Waals surface area contributed by atoms with Crippen LogP contribution in [0.2, 0.25) is 0 Å². The van der Waals surface area contributed by atoms with E-state index in [-0.39, 0.29) is 37.4 Å². The summed E-state index contributed by atoms with van der Waals surface area (Å²) in [6, 6.07) is 6.98. The van der Waals surface area contributed by atoms with Gasteiger partial charge in [-0.25, -0.2) is 0 Å². The van der Waals surface area contributed by atoms with Crippen LogP contribution in [-0.2, 0) is 20.8 Å². The number of carbonyl (C=O) groups excluding carboxylic acids is 1. The molecule has 188 valence electrons. The van der Waals surface area contributed by atoms with Crippen molar-refractivity contribution in [3.05, 3.63) is 35.4 Å². The first-order valence-electron chi connectivity index (χ1n) is 11.5. The van der Waals surface area contributed by atoms with Gasteiger partial charge in [-0.2, -0.15) is 0 Å². The van der Waals surface area contributed by atoms with Gasteiger partial charge in [0.05, 0.1) is 19.6 Å². The average Bonchev–Trinajstić information content (AvgIpc) is 2.78. The van der Waals surface area contributed by atoms with Crippen LogP contribution in [0.1, 0.15) is 36.2 Å². The molecule has 0 aromatic heterocycles. The van der Waals surface area contributed by atoms with Crippen molar-refractivity contribution in [1.82, 2.24) is 14.7 Å². The second-order valence-electron chi connectivity index (χ2n) is 9.24. The molecule has 1 aliphatic rings. The molecule has 1 heterocycles. The monoisotopic (exact) mass is 477 g/mol. The Bertz CT molecular complexity index is 857. The van der Waals surface area contributed by atoms with Crippen molar-refractivity contribution in [3.8, 4) is 0 Å². The van der Waals surface area contributed by atoms with Crippen molar-refractivity contribution in [2.45, 2.75) is 32.7 Å². The van der Waals surface area contributed by atoms with E-state index in [1.54, 1.807) is 26.8 Å². The van der Waals surface area contributed by atoms with Gasteiger partial charge in [-0.1, -0.05) is 38.1 Å². The number of carbonyl (C=O) groups is 4. The van der Waals surface area contributed by atoms with Gasteiger partial charge in [-0.05, 0) is 17.9 Å². The molecule has 10 heteroatoms. The number of carboxylic acids is 3. The molecule has 1 saturated heterocycles. The molecule has 1 aliphatic heterocycles. The van der Waals surface area contributed by atoms with E-state index < -0.39 is 17.9 Å². The standard InChI is InChI=1S/C24H35N3O7/c1-17(2)11-21(28)19-5-3-18(4-6-19)12-20-13-26(15-23(31)32)8-7-25(14-22(29)30)9-10-27(20)16-24(33)34/h3-6,17,20H,7-16H2,1-2H3,(H,29,30)(H,31,32)(H,33,34). The van der Waals surface area contributed by atoms with Gasteiger partial charge in [0.2, 0.25) is 0 Å². The molecule has 10 nitrogen and oxygen atoms in total. The topological polar surface area (TPSA) is 139 Å². The number of benzene rings is 1. The van der Waals surface area contributed by atoms with Crippen LogP contribution in [0.3, 0.4) is 0 Å². The number of carboxylic acid groups (broad SMARTS) is 3. The number of ketones is 1. The van der Waals surface area contributed by atoms with Crippen molar-refractivity contribution in [3.63, 3.8) is 0 Å². The highest BCUT2D eigenvalue weighted by Gasteiger charge is 2.28. The molecule has 0 bridgehead atoms. The van der Waals surface area contributed by atoms with E-state index in [1.165, 1.54) is 0 Å². The molecule has 1 atom stereocenters. The summed E-state index contributed by atoms with van der Waals surface area (Å²) in [4.78, 5) is 51.8. The Kier molecular flexibility index (Phi) is 10.6. The molecule has 3 N–H and O–H groups in total. The first-order valence-corrected chi connectivity index (χ1v) is 11.5.